The zero-order valence-electron chi connectivity index (χ0n) is 20.2. The maximum absolute atomic E-state index is 15.5. The molecule has 0 amide bonds. The number of aryl methyl sites for hydroxylation is 1. The highest BCUT2D eigenvalue weighted by Gasteiger charge is 2.43. The molecule has 0 radical (unpaired) electrons. The molecule has 1 aromatic heterocycles. The summed E-state index contributed by atoms with van der Waals surface area (Å²) in [5, 5.41) is 12.7. The van der Waals surface area contributed by atoms with Gasteiger partial charge in [-0.1, -0.05) is 25.0 Å². The number of pyridine rings is 1. The number of rotatable bonds is 8. The van der Waals surface area contributed by atoms with Gasteiger partial charge in [0.05, 0.1) is 28.7 Å². The van der Waals surface area contributed by atoms with Gasteiger partial charge in [0.2, 0.25) is 5.43 Å². The molecular weight excluding hydrogens is 465 g/mol. The van der Waals surface area contributed by atoms with Gasteiger partial charge >= 0.3 is 5.97 Å². The van der Waals surface area contributed by atoms with Crippen molar-refractivity contribution in [1.82, 2.24) is 4.57 Å². The average molecular weight is 496 g/mol. The fraction of sp³-hybridized carbons (Fsp3) is 0.407. The molecule has 4 N–H and O–H groups in total. The Bertz CT molecular complexity index is 1390. The summed E-state index contributed by atoms with van der Waals surface area (Å²) in [4.78, 5) is 24.9. The lowest BCUT2D eigenvalue weighted by Crippen LogP contribution is -2.42. The predicted molar refractivity (Wildman–Crippen MR) is 136 cm³/mol. The molecule has 0 atom stereocenters. The number of carbonyl (C=O) groups is 1. The quantitative estimate of drug-likeness (QED) is 0.311. The molecule has 1 spiro atoms. The number of halogens is 1. The molecule has 1 aliphatic heterocycles. The van der Waals surface area contributed by atoms with Crippen molar-refractivity contribution in [3.05, 3.63) is 57.6 Å². The molecule has 8 nitrogen and oxygen atoms in total. The Kier molecular flexibility index (Phi) is 6.24. The number of carboxylic acids is 1. The van der Waals surface area contributed by atoms with Crippen molar-refractivity contribution >= 4 is 28.2 Å². The molecule has 2 heterocycles. The van der Waals surface area contributed by atoms with Gasteiger partial charge in [-0.15, -0.1) is 0 Å². The van der Waals surface area contributed by atoms with Crippen LogP contribution in [0.1, 0.15) is 54.9 Å². The number of aromatic carboxylic acids is 1. The van der Waals surface area contributed by atoms with E-state index >= 15 is 4.39 Å². The summed E-state index contributed by atoms with van der Waals surface area (Å²) in [5.41, 5.74) is 5.67. The predicted octanol–water partition coefficient (Wildman–Crippen LogP) is 4.53. The van der Waals surface area contributed by atoms with E-state index in [-0.39, 0.29) is 29.1 Å². The maximum atomic E-state index is 15.5. The topological polar surface area (TPSA) is 116 Å². The number of fused-ring (bicyclic) bond motifs is 1. The number of ether oxygens (including phenoxy) is 2. The van der Waals surface area contributed by atoms with Crippen LogP contribution in [0, 0.1) is 5.82 Å². The summed E-state index contributed by atoms with van der Waals surface area (Å²) in [6.07, 6.45) is 6.33. The zero-order valence-corrected chi connectivity index (χ0v) is 20.2. The standard InChI is InChI=1S/C27H30FN3O5/c1-2-35-17-9-5-7-16(13-17)8-6-12-30-22-20(28)21(29)19-23-25(22)36-15-27(10-3-4-11-27)31(23)14-18(24(19)32)26(33)34/h5,7,9,13-14,30H,2-4,6,8,10-12,15,29H2,1H3,(H,33,34). The average Bonchev–Trinajstić information content (AvgIpc) is 3.33. The smallest absolute Gasteiger partial charge is 0.341 e. The van der Waals surface area contributed by atoms with Gasteiger partial charge in [0.25, 0.3) is 0 Å². The molecule has 2 aliphatic rings. The first-order valence-corrected chi connectivity index (χ1v) is 12.4. The van der Waals surface area contributed by atoms with Crippen LogP contribution in [0.5, 0.6) is 11.5 Å². The van der Waals surface area contributed by atoms with Gasteiger partial charge in [-0.2, -0.15) is 0 Å². The van der Waals surface area contributed by atoms with E-state index in [9.17, 15) is 14.7 Å². The number of nitrogen functional groups attached to an aromatic ring is 1. The monoisotopic (exact) mass is 495 g/mol. The Morgan fingerprint density at radius 1 is 1.33 bits per heavy atom. The van der Waals surface area contributed by atoms with Gasteiger partial charge in [-0.25, -0.2) is 9.18 Å². The molecule has 190 valence electrons. The number of nitrogens with two attached hydrogens (primary N) is 1. The summed E-state index contributed by atoms with van der Waals surface area (Å²) in [6, 6.07) is 7.86. The minimum atomic E-state index is -1.36. The Morgan fingerprint density at radius 3 is 2.83 bits per heavy atom. The Balaban J connectivity index is 1.51. The molecule has 1 saturated carbocycles. The van der Waals surface area contributed by atoms with Gasteiger partial charge in [0.1, 0.15) is 23.6 Å². The van der Waals surface area contributed by atoms with E-state index in [1.54, 1.807) is 0 Å². The number of nitrogens with one attached hydrogen (secondary N) is 1. The molecule has 1 aliphatic carbocycles. The molecule has 0 saturated heterocycles. The van der Waals surface area contributed by atoms with E-state index < -0.39 is 28.3 Å². The molecule has 2 aromatic carbocycles. The number of anilines is 2. The summed E-state index contributed by atoms with van der Waals surface area (Å²) in [5.74, 6) is -1.14. The summed E-state index contributed by atoms with van der Waals surface area (Å²) in [7, 11) is 0. The largest absolute Gasteiger partial charge is 0.494 e. The van der Waals surface area contributed by atoms with E-state index in [1.807, 2.05) is 35.8 Å². The normalized spacial score (nSPS) is 15.7. The van der Waals surface area contributed by atoms with Crippen molar-refractivity contribution < 1.29 is 23.8 Å². The van der Waals surface area contributed by atoms with Crippen molar-refractivity contribution in [2.45, 2.75) is 51.0 Å². The van der Waals surface area contributed by atoms with E-state index in [1.165, 1.54) is 6.20 Å². The van der Waals surface area contributed by atoms with Crippen LogP contribution < -0.4 is 26.0 Å². The third-order valence-corrected chi connectivity index (χ3v) is 7.29. The summed E-state index contributed by atoms with van der Waals surface area (Å²) in [6.45, 7) is 3.25. The second-order valence-corrected chi connectivity index (χ2v) is 9.53. The molecule has 3 aromatic rings. The minimum absolute atomic E-state index is 0.104. The zero-order chi connectivity index (χ0) is 25.4. The maximum Gasteiger partial charge on any atom is 0.341 e. The van der Waals surface area contributed by atoms with Crippen LogP contribution in [0.3, 0.4) is 0 Å². The van der Waals surface area contributed by atoms with Gasteiger partial charge in [0.15, 0.2) is 11.6 Å². The Labute approximate surface area is 207 Å². The lowest BCUT2D eigenvalue weighted by molar-refractivity contribution is 0.0692. The van der Waals surface area contributed by atoms with Gasteiger partial charge in [0, 0.05) is 12.7 Å². The Morgan fingerprint density at radius 2 is 2.11 bits per heavy atom. The van der Waals surface area contributed by atoms with Crippen molar-refractivity contribution in [2.75, 3.05) is 30.8 Å². The molecule has 5 rings (SSSR count). The third-order valence-electron chi connectivity index (χ3n) is 7.29. The van der Waals surface area contributed by atoms with E-state index in [0.717, 1.165) is 43.4 Å². The van der Waals surface area contributed by atoms with Crippen molar-refractivity contribution in [3.63, 3.8) is 0 Å². The first-order chi connectivity index (χ1) is 17.4. The third kappa shape index (κ3) is 3.92. The Hall–Kier alpha value is -3.75. The van der Waals surface area contributed by atoms with Gasteiger partial charge in [-0.05, 0) is 50.3 Å². The molecule has 1 fully saturated rings. The van der Waals surface area contributed by atoms with Crippen LogP contribution in [-0.4, -0.2) is 35.4 Å². The number of benzene rings is 2. The van der Waals surface area contributed by atoms with Crippen LogP contribution in [0.25, 0.3) is 10.9 Å². The molecule has 0 bridgehead atoms. The van der Waals surface area contributed by atoms with Crippen LogP contribution >= 0.6 is 0 Å². The summed E-state index contributed by atoms with van der Waals surface area (Å²) < 4.78 is 29.0. The highest BCUT2D eigenvalue weighted by atomic mass is 19.1. The minimum Gasteiger partial charge on any atom is -0.494 e. The van der Waals surface area contributed by atoms with Gasteiger partial charge < -0.3 is 30.2 Å². The molecule has 36 heavy (non-hydrogen) atoms. The van der Waals surface area contributed by atoms with Crippen LogP contribution in [0.2, 0.25) is 0 Å². The molecule has 9 heteroatoms. The van der Waals surface area contributed by atoms with E-state index in [4.69, 9.17) is 15.2 Å². The van der Waals surface area contributed by atoms with E-state index in [2.05, 4.69) is 5.32 Å². The highest BCUT2D eigenvalue weighted by Crippen LogP contribution is 2.48. The lowest BCUT2D eigenvalue weighted by Gasteiger charge is -2.39. The number of carboxylic acid groups (broad SMARTS) is 1. The fourth-order valence-electron chi connectivity index (χ4n) is 5.53. The molecule has 0 unspecified atom stereocenters. The first kappa shape index (κ1) is 24.0. The summed E-state index contributed by atoms with van der Waals surface area (Å²) >= 11 is 0. The van der Waals surface area contributed by atoms with Crippen molar-refractivity contribution in [1.29, 1.82) is 0 Å². The number of nitrogens with zero attached hydrogens (tertiary/aromatic N) is 1. The van der Waals surface area contributed by atoms with Crippen molar-refractivity contribution in [3.8, 4) is 11.5 Å². The fourth-order valence-corrected chi connectivity index (χ4v) is 5.53. The van der Waals surface area contributed by atoms with E-state index in [0.29, 0.717) is 25.1 Å². The number of hydrogen-bond acceptors (Lipinski definition) is 6. The lowest BCUT2D eigenvalue weighted by atomic mass is 9.93. The second-order valence-electron chi connectivity index (χ2n) is 9.53. The van der Waals surface area contributed by atoms with Crippen molar-refractivity contribution in [2.24, 2.45) is 0 Å². The molecular formula is C27H30FN3O5. The van der Waals surface area contributed by atoms with Gasteiger partial charge in [-0.3, -0.25) is 4.79 Å². The van der Waals surface area contributed by atoms with Crippen LogP contribution in [-0.2, 0) is 12.0 Å². The SMILES string of the molecule is CCOc1cccc(CCCNc2c(F)c(N)c3c(=O)c(C(=O)O)cn4c3c2OCC42CCCC2)c1. The number of aromatic nitrogens is 1. The van der Waals surface area contributed by atoms with Crippen LogP contribution in [0.15, 0.2) is 35.3 Å². The number of hydrogen-bond donors (Lipinski definition) is 3. The first-order valence-electron chi connectivity index (χ1n) is 12.4. The second kappa shape index (κ2) is 9.37. The van der Waals surface area contributed by atoms with Crippen LogP contribution in [0.4, 0.5) is 15.8 Å². The highest BCUT2D eigenvalue weighted by molar-refractivity contribution is 6.03.